The van der Waals surface area contributed by atoms with Gasteiger partial charge in [0.1, 0.15) is 6.04 Å². The van der Waals surface area contributed by atoms with Crippen LogP contribution in [0.2, 0.25) is 0 Å². The number of aliphatic hydroxyl groups is 2. The lowest BCUT2D eigenvalue weighted by Gasteiger charge is -2.21. The number of nitrogens with one attached hydrogen (secondary N) is 1. The molecule has 1 aliphatic rings. The Bertz CT molecular complexity index is 1320. The van der Waals surface area contributed by atoms with Crippen molar-refractivity contribution in [2.45, 2.75) is 57.2 Å². The van der Waals surface area contributed by atoms with Crippen LogP contribution in [0.25, 0.3) is 0 Å². The van der Waals surface area contributed by atoms with Crippen LogP contribution in [-0.4, -0.2) is 54.8 Å². The van der Waals surface area contributed by atoms with Gasteiger partial charge in [-0.05, 0) is 24.5 Å². The number of carbonyl (C=O) groups excluding carboxylic acids is 1. The van der Waals surface area contributed by atoms with E-state index in [2.05, 4.69) is 20.3 Å². The van der Waals surface area contributed by atoms with Gasteiger partial charge in [-0.1, -0.05) is 37.8 Å². The molecule has 11 nitrogen and oxygen atoms in total. The summed E-state index contributed by atoms with van der Waals surface area (Å²) in [4.78, 5) is 26.3. The highest BCUT2D eigenvalue weighted by Crippen LogP contribution is 2.35. The number of amides is 1. The van der Waals surface area contributed by atoms with Crippen molar-refractivity contribution in [3.63, 3.8) is 0 Å². The summed E-state index contributed by atoms with van der Waals surface area (Å²) in [6.07, 6.45) is 0.923. The minimum absolute atomic E-state index is 0.0253. The van der Waals surface area contributed by atoms with E-state index < -0.39 is 42.3 Å². The number of aromatic nitrogens is 4. The van der Waals surface area contributed by atoms with E-state index in [9.17, 15) is 27.9 Å². The third kappa shape index (κ3) is 7.80. The average Bonchev–Trinajstić information content (AvgIpc) is 3.55. The van der Waals surface area contributed by atoms with Gasteiger partial charge in [-0.15, -0.1) is 13.2 Å². The molecule has 2 aromatic heterocycles. The number of anilines is 1. The number of rotatable bonds is 11. The van der Waals surface area contributed by atoms with E-state index in [0.717, 1.165) is 48.7 Å². The number of ether oxygens (including phenoxy) is 2. The molecule has 2 unspecified atom stereocenters. The summed E-state index contributed by atoms with van der Waals surface area (Å²) >= 11 is 0. The molecule has 4 rings (SSSR count). The largest absolute Gasteiger partial charge is 0.573 e. The molecule has 0 bridgehead atoms. The zero-order valence-electron chi connectivity index (χ0n) is 20.8. The Kier molecular flexibility index (Phi) is 8.86. The van der Waals surface area contributed by atoms with Gasteiger partial charge in [-0.25, -0.2) is 4.68 Å². The van der Waals surface area contributed by atoms with Gasteiger partial charge in [0.05, 0.1) is 25.5 Å². The summed E-state index contributed by atoms with van der Waals surface area (Å²) in [5.74, 6) is -1.11. The maximum Gasteiger partial charge on any atom is 0.573 e. The van der Waals surface area contributed by atoms with Crippen LogP contribution < -0.4 is 20.3 Å². The SMILES string of the molecule is O=C(Nc1ccn(CC(O)CO)n1)C(CC1CCCC1)n1ncc(Oc2ccccc2OC(F)(F)F)cc1=O. The Morgan fingerprint density at radius 2 is 1.90 bits per heavy atom. The van der Waals surface area contributed by atoms with Crippen molar-refractivity contribution in [1.29, 1.82) is 0 Å². The lowest BCUT2D eigenvalue weighted by atomic mass is 9.98. The number of carbonyl (C=O) groups is 1. The number of alkyl halides is 3. The van der Waals surface area contributed by atoms with Crippen molar-refractivity contribution < 1.29 is 37.7 Å². The predicted octanol–water partition coefficient (Wildman–Crippen LogP) is 3.24. The van der Waals surface area contributed by atoms with Crippen molar-refractivity contribution in [2.75, 3.05) is 11.9 Å². The van der Waals surface area contributed by atoms with Crippen LogP contribution in [0.4, 0.5) is 19.0 Å². The summed E-state index contributed by atoms with van der Waals surface area (Å²) < 4.78 is 50.0. The van der Waals surface area contributed by atoms with Crippen molar-refractivity contribution in [1.82, 2.24) is 19.6 Å². The summed E-state index contributed by atoms with van der Waals surface area (Å²) in [6.45, 7) is -0.419. The fourth-order valence-electron chi connectivity index (χ4n) is 4.45. The minimum atomic E-state index is -4.93. The monoisotopic (exact) mass is 551 g/mol. The molecule has 2 atom stereocenters. The Balaban J connectivity index is 1.54. The predicted molar refractivity (Wildman–Crippen MR) is 131 cm³/mol. The number of hydrogen-bond donors (Lipinski definition) is 3. The van der Waals surface area contributed by atoms with E-state index >= 15 is 0 Å². The molecule has 210 valence electrons. The lowest BCUT2D eigenvalue weighted by Crippen LogP contribution is -2.36. The number of halogens is 3. The maximum absolute atomic E-state index is 13.3. The van der Waals surface area contributed by atoms with Gasteiger partial charge >= 0.3 is 6.36 Å². The van der Waals surface area contributed by atoms with Crippen LogP contribution in [-0.2, 0) is 11.3 Å². The first-order chi connectivity index (χ1) is 18.6. The molecule has 1 amide bonds. The summed E-state index contributed by atoms with van der Waals surface area (Å²) in [5, 5.41) is 29.5. The molecule has 0 spiro atoms. The molecule has 3 aromatic rings. The molecule has 2 heterocycles. The van der Waals surface area contributed by atoms with Gasteiger partial charge < -0.3 is 25.0 Å². The zero-order chi connectivity index (χ0) is 28.0. The van der Waals surface area contributed by atoms with E-state index in [1.807, 2.05) is 0 Å². The van der Waals surface area contributed by atoms with Crippen LogP contribution in [0.5, 0.6) is 17.2 Å². The second-order valence-electron chi connectivity index (χ2n) is 9.22. The highest BCUT2D eigenvalue weighted by molar-refractivity contribution is 5.92. The van der Waals surface area contributed by atoms with E-state index in [-0.39, 0.29) is 29.8 Å². The minimum Gasteiger partial charge on any atom is -0.452 e. The van der Waals surface area contributed by atoms with Gasteiger partial charge in [-0.2, -0.15) is 10.2 Å². The van der Waals surface area contributed by atoms with Crippen LogP contribution in [0, 0.1) is 5.92 Å². The summed E-state index contributed by atoms with van der Waals surface area (Å²) in [5.41, 5.74) is -0.684. The topological polar surface area (TPSA) is 141 Å². The van der Waals surface area contributed by atoms with Crippen molar-refractivity contribution in [3.05, 3.63) is 59.1 Å². The molecular formula is C25H28F3N5O6. The first kappa shape index (κ1) is 28.1. The number of nitrogens with zero attached hydrogens (tertiary/aromatic N) is 4. The van der Waals surface area contributed by atoms with Crippen LogP contribution >= 0.6 is 0 Å². The third-order valence-corrected chi connectivity index (χ3v) is 6.23. The normalized spacial score (nSPS) is 15.6. The van der Waals surface area contributed by atoms with Crippen LogP contribution in [0.15, 0.2) is 53.6 Å². The van der Waals surface area contributed by atoms with Crippen LogP contribution in [0.1, 0.15) is 38.1 Å². The van der Waals surface area contributed by atoms with Gasteiger partial charge in [0.2, 0.25) is 0 Å². The van der Waals surface area contributed by atoms with E-state index in [1.54, 1.807) is 0 Å². The molecule has 0 saturated heterocycles. The van der Waals surface area contributed by atoms with Crippen molar-refractivity contribution >= 4 is 11.7 Å². The third-order valence-electron chi connectivity index (χ3n) is 6.23. The Labute approximate surface area is 220 Å². The molecular weight excluding hydrogens is 523 g/mol. The standard InChI is InChI=1S/C25H28F3N5O6/c26-25(27,28)39-21-8-4-3-7-20(21)38-18-12-23(36)33(29-13-18)19(11-16-5-1-2-6-16)24(37)30-22-9-10-32(31-22)14-17(35)15-34/h3-4,7-10,12-13,16-17,19,34-35H,1-2,5-6,11,14-15H2,(H,30,31,37). The Morgan fingerprint density at radius 3 is 2.56 bits per heavy atom. The molecule has 39 heavy (non-hydrogen) atoms. The first-order valence-electron chi connectivity index (χ1n) is 12.4. The maximum atomic E-state index is 13.3. The highest BCUT2D eigenvalue weighted by atomic mass is 19.4. The molecule has 0 radical (unpaired) electrons. The molecule has 3 N–H and O–H groups in total. The van der Waals surface area contributed by atoms with Gasteiger partial charge in [0.25, 0.3) is 11.5 Å². The number of hydrogen-bond acceptors (Lipinski definition) is 8. The smallest absolute Gasteiger partial charge is 0.452 e. The summed E-state index contributed by atoms with van der Waals surface area (Å²) in [6, 6.07) is 6.69. The molecule has 0 aliphatic heterocycles. The molecule has 1 aliphatic carbocycles. The fourth-order valence-corrected chi connectivity index (χ4v) is 4.45. The van der Waals surface area contributed by atoms with Gasteiger partial charge in [0.15, 0.2) is 23.1 Å². The van der Waals surface area contributed by atoms with Gasteiger partial charge in [0, 0.05) is 18.3 Å². The number of benzene rings is 1. The molecule has 1 aromatic carbocycles. The Morgan fingerprint density at radius 1 is 1.18 bits per heavy atom. The lowest BCUT2D eigenvalue weighted by molar-refractivity contribution is -0.275. The first-order valence-corrected chi connectivity index (χ1v) is 12.4. The second kappa shape index (κ2) is 12.3. The molecule has 1 saturated carbocycles. The van der Waals surface area contributed by atoms with Gasteiger partial charge in [-0.3, -0.25) is 14.3 Å². The summed E-state index contributed by atoms with van der Waals surface area (Å²) in [7, 11) is 0. The quantitative estimate of drug-likeness (QED) is 0.330. The van der Waals surface area contributed by atoms with E-state index in [1.165, 1.54) is 35.1 Å². The average molecular weight is 552 g/mol. The second-order valence-corrected chi connectivity index (χ2v) is 9.22. The zero-order valence-corrected chi connectivity index (χ0v) is 20.8. The number of para-hydroxylation sites is 2. The fraction of sp³-hybridized carbons (Fsp3) is 0.440. The van der Waals surface area contributed by atoms with Crippen molar-refractivity contribution in [2.24, 2.45) is 5.92 Å². The van der Waals surface area contributed by atoms with E-state index in [4.69, 9.17) is 9.84 Å². The molecule has 1 fully saturated rings. The van der Waals surface area contributed by atoms with E-state index in [0.29, 0.717) is 6.42 Å². The van der Waals surface area contributed by atoms with Crippen molar-refractivity contribution in [3.8, 4) is 17.2 Å². The highest BCUT2D eigenvalue weighted by Gasteiger charge is 2.33. The Hall–Kier alpha value is -3.91. The molecule has 14 heteroatoms. The van der Waals surface area contributed by atoms with Crippen LogP contribution in [0.3, 0.4) is 0 Å². The number of aliphatic hydroxyl groups excluding tert-OH is 2.